The highest BCUT2D eigenvalue weighted by molar-refractivity contribution is 7.89. The van der Waals surface area contributed by atoms with Gasteiger partial charge in [-0.2, -0.15) is 4.31 Å². The molecule has 1 aromatic rings. The molecule has 1 heterocycles. The van der Waals surface area contributed by atoms with Gasteiger partial charge in [-0.15, -0.1) is 0 Å². The molecule has 114 valence electrons. The van der Waals surface area contributed by atoms with Crippen molar-refractivity contribution in [1.82, 2.24) is 9.21 Å². The van der Waals surface area contributed by atoms with Crippen molar-refractivity contribution in [2.24, 2.45) is 0 Å². The quantitative estimate of drug-likeness (QED) is 0.841. The van der Waals surface area contributed by atoms with Gasteiger partial charge in [-0.1, -0.05) is 38.0 Å². The number of hydrogen-bond acceptors (Lipinski definition) is 3. The van der Waals surface area contributed by atoms with Crippen LogP contribution in [0.4, 0.5) is 0 Å². The summed E-state index contributed by atoms with van der Waals surface area (Å²) < 4.78 is 26.2. The second-order valence-electron chi connectivity index (χ2n) is 5.23. The summed E-state index contributed by atoms with van der Waals surface area (Å²) in [4.78, 5) is 2.54. The number of rotatable bonds is 2. The van der Waals surface area contributed by atoms with Crippen molar-refractivity contribution in [1.29, 1.82) is 0 Å². The van der Waals surface area contributed by atoms with Crippen LogP contribution in [-0.2, 0) is 10.0 Å². The van der Waals surface area contributed by atoms with E-state index in [0.29, 0.717) is 18.0 Å². The van der Waals surface area contributed by atoms with Gasteiger partial charge in [0.1, 0.15) is 0 Å². The van der Waals surface area contributed by atoms with Crippen LogP contribution < -0.4 is 0 Å². The van der Waals surface area contributed by atoms with E-state index in [-0.39, 0.29) is 0 Å². The SMILES string of the molecule is CCC.Cc1ccc(S(=O)(=O)N2CCN(C)CC2)cc1. The van der Waals surface area contributed by atoms with Gasteiger partial charge in [-0.05, 0) is 26.1 Å². The van der Waals surface area contributed by atoms with E-state index in [1.54, 1.807) is 16.4 Å². The highest BCUT2D eigenvalue weighted by Gasteiger charge is 2.26. The molecule has 0 unspecified atom stereocenters. The number of sulfonamides is 1. The summed E-state index contributed by atoms with van der Waals surface area (Å²) in [6.07, 6.45) is 1.25. The van der Waals surface area contributed by atoms with Gasteiger partial charge in [0.2, 0.25) is 10.0 Å². The third-order valence-corrected chi connectivity index (χ3v) is 5.03. The fraction of sp³-hybridized carbons (Fsp3) is 0.600. The van der Waals surface area contributed by atoms with E-state index in [9.17, 15) is 8.42 Å². The van der Waals surface area contributed by atoms with Crippen molar-refractivity contribution < 1.29 is 8.42 Å². The lowest BCUT2D eigenvalue weighted by atomic mass is 10.2. The zero-order valence-corrected chi connectivity index (χ0v) is 13.8. The van der Waals surface area contributed by atoms with E-state index in [1.807, 2.05) is 26.1 Å². The normalized spacial score (nSPS) is 17.4. The Morgan fingerprint density at radius 3 is 1.90 bits per heavy atom. The van der Waals surface area contributed by atoms with Gasteiger partial charge in [0.05, 0.1) is 4.90 Å². The number of hydrogen-bond donors (Lipinski definition) is 0. The zero-order chi connectivity index (χ0) is 15.2. The first kappa shape index (κ1) is 17.1. The summed E-state index contributed by atoms with van der Waals surface area (Å²) in [5.74, 6) is 0. The molecule has 0 radical (unpaired) electrons. The second kappa shape index (κ2) is 7.76. The Morgan fingerprint density at radius 2 is 1.45 bits per heavy atom. The molecule has 1 fully saturated rings. The molecule has 1 aliphatic rings. The topological polar surface area (TPSA) is 40.6 Å². The van der Waals surface area contributed by atoms with Crippen LogP contribution >= 0.6 is 0 Å². The number of benzene rings is 1. The Morgan fingerprint density at radius 1 is 1.00 bits per heavy atom. The van der Waals surface area contributed by atoms with Crippen LogP contribution in [0.1, 0.15) is 25.8 Å². The van der Waals surface area contributed by atoms with Gasteiger partial charge in [0.25, 0.3) is 0 Å². The molecule has 0 bridgehead atoms. The maximum atomic E-state index is 12.3. The molecule has 0 spiro atoms. The van der Waals surface area contributed by atoms with Crippen LogP contribution in [0.15, 0.2) is 29.2 Å². The molecular formula is C15H26N2O2S. The number of nitrogens with zero attached hydrogens (tertiary/aromatic N) is 2. The first-order valence-electron chi connectivity index (χ1n) is 7.17. The molecule has 0 amide bonds. The van der Waals surface area contributed by atoms with Crippen molar-refractivity contribution in [2.45, 2.75) is 32.1 Å². The van der Waals surface area contributed by atoms with E-state index < -0.39 is 10.0 Å². The maximum absolute atomic E-state index is 12.3. The van der Waals surface area contributed by atoms with E-state index in [0.717, 1.165) is 18.7 Å². The fourth-order valence-electron chi connectivity index (χ4n) is 1.89. The largest absolute Gasteiger partial charge is 0.304 e. The lowest BCUT2D eigenvalue weighted by molar-refractivity contribution is 0.222. The molecular weight excluding hydrogens is 272 g/mol. The molecule has 5 heteroatoms. The van der Waals surface area contributed by atoms with Gasteiger partial charge < -0.3 is 4.90 Å². The van der Waals surface area contributed by atoms with Crippen molar-refractivity contribution in [3.8, 4) is 0 Å². The highest BCUT2D eigenvalue weighted by atomic mass is 32.2. The molecule has 1 aliphatic heterocycles. The molecule has 0 saturated carbocycles. The molecule has 0 aliphatic carbocycles. The average Bonchev–Trinajstić information content (AvgIpc) is 2.40. The third kappa shape index (κ3) is 4.58. The van der Waals surface area contributed by atoms with Gasteiger partial charge in [-0.3, -0.25) is 0 Å². The van der Waals surface area contributed by atoms with Crippen LogP contribution in [0.2, 0.25) is 0 Å². The number of aryl methyl sites for hydroxylation is 1. The average molecular weight is 298 g/mol. The van der Waals surface area contributed by atoms with E-state index in [4.69, 9.17) is 0 Å². The van der Waals surface area contributed by atoms with Crippen LogP contribution in [0.3, 0.4) is 0 Å². The fourth-order valence-corrected chi connectivity index (χ4v) is 3.31. The molecule has 20 heavy (non-hydrogen) atoms. The minimum Gasteiger partial charge on any atom is -0.304 e. The number of likely N-dealkylation sites (N-methyl/N-ethyl adjacent to an activating group) is 1. The summed E-state index contributed by atoms with van der Waals surface area (Å²) >= 11 is 0. The molecule has 0 atom stereocenters. The molecule has 4 nitrogen and oxygen atoms in total. The smallest absolute Gasteiger partial charge is 0.243 e. The molecule has 1 aromatic carbocycles. The summed E-state index contributed by atoms with van der Waals surface area (Å²) in [6, 6.07) is 7.04. The predicted octanol–water partition coefficient (Wildman–Crippen LogP) is 2.35. The Balaban J connectivity index is 0.000000612. The van der Waals surface area contributed by atoms with Gasteiger partial charge in [0, 0.05) is 26.2 Å². The minimum absolute atomic E-state index is 0.396. The molecule has 0 N–H and O–H groups in total. The first-order chi connectivity index (χ1) is 9.41. The molecule has 2 rings (SSSR count). The van der Waals surface area contributed by atoms with Crippen LogP contribution in [0.25, 0.3) is 0 Å². The predicted molar refractivity (Wildman–Crippen MR) is 83.4 cm³/mol. The van der Waals surface area contributed by atoms with Crippen LogP contribution in [-0.4, -0.2) is 50.8 Å². The maximum Gasteiger partial charge on any atom is 0.243 e. The van der Waals surface area contributed by atoms with Crippen LogP contribution in [0.5, 0.6) is 0 Å². The monoisotopic (exact) mass is 298 g/mol. The zero-order valence-electron chi connectivity index (χ0n) is 13.0. The molecule has 0 aromatic heterocycles. The lowest BCUT2D eigenvalue weighted by Gasteiger charge is -2.31. The van der Waals surface area contributed by atoms with Crippen LogP contribution in [0, 0.1) is 6.92 Å². The second-order valence-corrected chi connectivity index (χ2v) is 7.17. The number of piperazine rings is 1. The third-order valence-electron chi connectivity index (χ3n) is 3.12. The summed E-state index contributed by atoms with van der Waals surface area (Å²) in [5.41, 5.74) is 1.07. The van der Waals surface area contributed by atoms with Gasteiger partial charge in [-0.25, -0.2) is 8.42 Å². The van der Waals surface area contributed by atoms with Gasteiger partial charge >= 0.3 is 0 Å². The highest BCUT2D eigenvalue weighted by Crippen LogP contribution is 2.17. The summed E-state index contributed by atoms with van der Waals surface area (Å²) in [5, 5.41) is 0. The van der Waals surface area contributed by atoms with E-state index in [1.165, 1.54) is 6.42 Å². The van der Waals surface area contributed by atoms with E-state index in [2.05, 4.69) is 18.7 Å². The van der Waals surface area contributed by atoms with Crippen molar-refractivity contribution in [3.63, 3.8) is 0 Å². The Bertz CT molecular complexity index is 489. The Kier molecular flexibility index (Phi) is 6.65. The standard InChI is InChI=1S/C12H18N2O2S.C3H8/c1-11-3-5-12(6-4-11)17(15,16)14-9-7-13(2)8-10-14;1-3-2/h3-6H,7-10H2,1-2H3;3H2,1-2H3. The van der Waals surface area contributed by atoms with Crippen molar-refractivity contribution in [2.75, 3.05) is 33.2 Å². The first-order valence-corrected chi connectivity index (χ1v) is 8.61. The van der Waals surface area contributed by atoms with E-state index >= 15 is 0 Å². The van der Waals surface area contributed by atoms with Gasteiger partial charge in [0.15, 0.2) is 0 Å². The van der Waals surface area contributed by atoms with Crippen molar-refractivity contribution >= 4 is 10.0 Å². The summed E-state index contributed by atoms with van der Waals surface area (Å²) in [7, 11) is -1.29. The Hall–Kier alpha value is -0.910. The molecule has 1 saturated heterocycles. The lowest BCUT2D eigenvalue weighted by Crippen LogP contribution is -2.46. The minimum atomic E-state index is -3.30. The summed E-state index contributed by atoms with van der Waals surface area (Å²) in [6.45, 7) is 8.95. The van der Waals surface area contributed by atoms with Crippen molar-refractivity contribution in [3.05, 3.63) is 29.8 Å². The Labute approximate surface area is 123 Å².